The van der Waals surface area contributed by atoms with Crippen molar-refractivity contribution in [1.82, 2.24) is 5.32 Å². The number of benzene rings is 2. The third-order valence-electron chi connectivity index (χ3n) is 4.79. The first-order valence-electron chi connectivity index (χ1n) is 9.77. The van der Waals surface area contributed by atoms with Crippen molar-refractivity contribution in [3.63, 3.8) is 0 Å². The van der Waals surface area contributed by atoms with Gasteiger partial charge >= 0.3 is 5.97 Å². The second-order valence-electron chi connectivity index (χ2n) is 7.06. The van der Waals surface area contributed by atoms with Gasteiger partial charge in [0.2, 0.25) is 5.43 Å². The van der Waals surface area contributed by atoms with Crippen LogP contribution in [0.2, 0.25) is 5.02 Å². The minimum Gasteiger partial charge on any atom is -0.484 e. The average Bonchev–Trinajstić information content (AvgIpc) is 2.76. The fourth-order valence-corrected chi connectivity index (χ4v) is 3.80. The van der Waals surface area contributed by atoms with Crippen LogP contribution in [0.15, 0.2) is 51.7 Å². The third-order valence-corrected chi connectivity index (χ3v) is 5.68. The molecule has 0 radical (unpaired) electrons. The van der Waals surface area contributed by atoms with Crippen LogP contribution in [0.1, 0.15) is 12.2 Å². The number of hydrogen-bond donors (Lipinski definition) is 2. The molecule has 0 bridgehead atoms. The lowest BCUT2D eigenvalue weighted by Crippen LogP contribution is -2.43. The highest BCUT2D eigenvalue weighted by molar-refractivity contribution is 7.98. The molecule has 7 nitrogen and oxygen atoms in total. The molecular weight excluding hydrogens is 454 g/mol. The quantitative estimate of drug-likeness (QED) is 0.479. The number of carbonyl (C=O) groups excluding carboxylic acids is 1. The van der Waals surface area contributed by atoms with E-state index in [0.717, 1.165) is 0 Å². The van der Waals surface area contributed by atoms with E-state index in [1.165, 1.54) is 17.8 Å². The highest BCUT2D eigenvalue weighted by atomic mass is 35.5. The smallest absolute Gasteiger partial charge is 0.326 e. The van der Waals surface area contributed by atoms with E-state index in [1.807, 2.05) is 6.26 Å². The Bertz CT molecular complexity index is 1190. The number of hydrogen-bond acceptors (Lipinski definition) is 6. The molecule has 0 aliphatic carbocycles. The number of aliphatic carboxylic acids is 1. The highest BCUT2D eigenvalue weighted by Crippen LogP contribution is 2.27. The van der Waals surface area contributed by atoms with Crippen molar-refractivity contribution in [1.29, 1.82) is 0 Å². The monoisotopic (exact) mass is 475 g/mol. The Kier molecular flexibility index (Phi) is 7.82. The van der Waals surface area contributed by atoms with Gasteiger partial charge in [0.15, 0.2) is 6.61 Å². The number of carboxylic acids is 1. The zero-order valence-corrected chi connectivity index (χ0v) is 19.1. The second kappa shape index (κ2) is 10.6. The summed E-state index contributed by atoms with van der Waals surface area (Å²) in [5, 5.41) is 12.6. The van der Waals surface area contributed by atoms with Crippen molar-refractivity contribution in [2.75, 3.05) is 18.6 Å². The van der Waals surface area contributed by atoms with Crippen LogP contribution in [-0.2, 0) is 9.59 Å². The third kappa shape index (κ3) is 5.63. The maximum atomic E-state index is 13.0. The lowest BCUT2D eigenvalue weighted by Gasteiger charge is -2.14. The SMILES string of the molecule is CSCC[C@@H](NC(=O)COc1ccc2c(=O)c(-c3ccc(Cl)cc3)c(C)oc2c1)C(=O)O. The molecule has 0 unspecified atom stereocenters. The number of amides is 1. The molecule has 1 atom stereocenters. The van der Waals surface area contributed by atoms with Crippen molar-refractivity contribution < 1.29 is 23.8 Å². The molecular formula is C23H22ClNO6S. The Hall–Kier alpha value is -2.97. The number of carbonyl (C=O) groups is 2. The number of aryl methyl sites for hydroxylation is 1. The molecule has 1 amide bonds. The Morgan fingerprint density at radius 1 is 1.22 bits per heavy atom. The number of fused-ring (bicyclic) bond motifs is 1. The Morgan fingerprint density at radius 2 is 1.94 bits per heavy atom. The van der Waals surface area contributed by atoms with Gasteiger partial charge in [-0.05, 0) is 55.2 Å². The van der Waals surface area contributed by atoms with E-state index in [2.05, 4.69) is 5.32 Å². The minimum atomic E-state index is -1.09. The van der Waals surface area contributed by atoms with Gasteiger partial charge in [0.25, 0.3) is 5.91 Å². The number of nitrogens with one attached hydrogen (secondary N) is 1. The van der Waals surface area contributed by atoms with Gasteiger partial charge in [-0.1, -0.05) is 23.7 Å². The van der Waals surface area contributed by atoms with Crippen LogP contribution in [0.25, 0.3) is 22.1 Å². The molecule has 168 valence electrons. The summed E-state index contributed by atoms with van der Waals surface area (Å²) in [6.45, 7) is 1.34. The van der Waals surface area contributed by atoms with Gasteiger partial charge in [0, 0.05) is 11.1 Å². The summed E-state index contributed by atoms with van der Waals surface area (Å²) in [5.74, 6) is -0.261. The number of carboxylic acid groups (broad SMARTS) is 1. The lowest BCUT2D eigenvalue weighted by atomic mass is 10.0. The molecule has 0 aliphatic heterocycles. The molecule has 2 aromatic carbocycles. The van der Waals surface area contributed by atoms with Crippen LogP contribution >= 0.6 is 23.4 Å². The number of thioether (sulfide) groups is 1. The molecule has 0 aliphatic rings. The lowest BCUT2D eigenvalue weighted by molar-refractivity contribution is -0.142. The molecule has 0 spiro atoms. The Balaban J connectivity index is 1.76. The molecule has 3 aromatic rings. The van der Waals surface area contributed by atoms with Gasteiger partial charge in [0.05, 0.1) is 10.9 Å². The van der Waals surface area contributed by atoms with E-state index in [9.17, 15) is 19.5 Å². The molecule has 0 saturated heterocycles. The van der Waals surface area contributed by atoms with Gasteiger partial charge in [0.1, 0.15) is 23.1 Å². The van der Waals surface area contributed by atoms with Crippen LogP contribution in [-0.4, -0.2) is 41.6 Å². The van der Waals surface area contributed by atoms with Crippen LogP contribution in [0.5, 0.6) is 5.75 Å². The topological polar surface area (TPSA) is 106 Å². The summed E-state index contributed by atoms with van der Waals surface area (Å²) in [6.07, 6.45) is 2.18. The summed E-state index contributed by atoms with van der Waals surface area (Å²) in [7, 11) is 0. The van der Waals surface area contributed by atoms with Crippen molar-refractivity contribution in [2.24, 2.45) is 0 Å². The first-order chi connectivity index (χ1) is 15.3. The minimum absolute atomic E-state index is 0.187. The van der Waals surface area contributed by atoms with Crippen molar-refractivity contribution in [3.05, 3.63) is 63.5 Å². The largest absolute Gasteiger partial charge is 0.484 e. The van der Waals surface area contributed by atoms with Crippen molar-refractivity contribution >= 4 is 46.2 Å². The van der Waals surface area contributed by atoms with Gasteiger partial charge in [-0.2, -0.15) is 11.8 Å². The van der Waals surface area contributed by atoms with Crippen LogP contribution < -0.4 is 15.5 Å². The fourth-order valence-electron chi connectivity index (χ4n) is 3.20. The molecule has 9 heteroatoms. The van der Waals surface area contributed by atoms with Crippen LogP contribution in [0, 0.1) is 6.92 Å². The molecule has 2 N–H and O–H groups in total. The van der Waals surface area contributed by atoms with E-state index in [4.69, 9.17) is 20.8 Å². The van der Waals surface area contributed by atoms with E-state index >= 15 is 0 Å². The van der Waals surface area contributed by atoms with Gasteiger partial charge in [-0.3, -0.25) is 9.59 Å². The van der Waals surface area contributed by atoms with Gasteiger partial charge in [-0.15, -0.1) is 0 Å². The maximum Gasteiger partial charge on any atom is 0.326 e. The average molecular weight is 476 g/mol. The molecule has 1 aromatic heterocycles. The normalized spacial score (nSPS) is 11.8. The standard InChI is InChI=1S/C23H22ClNO6S/c1-13-21(14-3-5-15(24)6-4-14)22(27)17-8-7-16(11-19(17)31-13)30-12-20(26)25-18(23(28)29)9-10-32-2/h3-8,11,18H,9-10,12H2,1-2H3,(H,25,26)(H,28,29)/t18-/m1/s1. The number of rotatable bonds is 9. The van der Waals surface area contributed by atoms with Crippen LogP contribution in [0.3, 0.4) is 0 Å². The van der Waals surface area contributed by atoms with Crippen LogP contribution in [0.4, 0.5) is 0 Å². The molecule has 32 heavy (non-hydrogen) atoms. The van der Waals surface area contributed by atoms with E-state index in [-0.39, 0.29) is 12.0 Å². The molecule has 1 heterocycles. The summed E-state index contributed by atoms with van der Waals surface area (Å²) in [6, 6.07) is 10.6. The van der Waals surface area contributed by atoms with E-state index < -0.39 is 17.9 Å². The molecule has 3 rings (SSSR count). The first kappa shape index (κ1) is 23.7. The predicted octanol–water partition coefficient (Wildman–Crippen LogP) is 4.12. The van der Waals surface area contributed by atoms with Crippen molar-refractivity contribution in [3.8, 4) is 16.9 Å². The summed E-state index contributed by atoms with van der Waals surface area (Å²) in [4.78, 5) is 36.4. The molecule has 0 saturated carbocycles. The highest BCUT2D eigenvalue weighted by Gasteiger charge is 2.20. The predicted molar refractivity (Wildman–Crippen MR) is 126 cm³/mol. The van der Waals surface area contributed by atoms with E-state index in [0.29, 0.717) is 50.8 Å². The fraction of sp³-hybridized carbons (Fsp3) is 0.261. The molecule has 0 fully saturated rings. The van der Waals surface area contributed by atoms with Crippen molar-refractivity contribution in [2.45, 2.75) is 19.4 Å². The Labute approximate surface area is 193 Å². The maximum absolute atomic E-state index is 13.0. The second-order valence-corrected chi connectivity index (χ2v) is 8.48. The Morgan fingerprint density at radius 3 is 2.59 bits per heavy atom. The number of halogens is 1. The summed E-state index contributed by atoms with van der Waals surface area (Å²) < 4.78 is 11.3. The zero-order valence-electron chi connectivity index (χ0n) is 17.5. The number of ether oxygens (including phenoxy) is 1. The van der Waals surface area contributed by atoms with Gasteiger partial charge in [-0.25, -0.2) is 4.79 Å². The summed E-state index contributed by atoms with van der Waals surface area (Å²) in [5.41, 5.74) is 1.29. The first-order valence-corrected chi connectivity index (χ1v) is 11.5. The zero-order chi connectivity index (χ0) is 23.3. The van der Waals surface area contributed by atoms with Gasteiger partial charge < -0.3 is 19.6 Å². The summed E-state index contributed by atoms with van der Waals surface area (Å²) >= 11 is 7.44. The van der Waals surface area contributed by atoms with E-state index in [1.54, 1.807) is 43.3 Å².